The number of ketones is 1. The van der Waals surface area contributed by atoms with Crippen molar-refractivity contribution in [3.8, 4) is 0 Å². The lowest BCUT2D eigenvalue weighted by molar-refractivity contribution is 0.0939. The van der Waals surface area contributed by atoms with E-state index in [9.17, 15) is 9.59 Å². The SMILES string of the molecule is CN1CCN(Cc2cccc(CNC(=O)c3ccccc3C(=O)c3ccccc3)c2)CC1. The molecule has 0 radical (unpaired) electrons. The first-order valence-electron chi connectivity index (χ1n) is 11.1. The number of piperazine rings is 1. The molecule has 32 heavy (non-hydrogen) atoms. The first-order chi connectivity index (χ1) is 15.6. The van der Waals surface area contributed by atoms with Gasteiger partial charge in [0.25, 0.3) is 5.91 Å². The Hall–Kier alpha value is -3.28. The molecule has 1 aliphatic rings. The summed E-state index contributed by atoms with van der Waals surface area (Å²) in [6.07, 6.45) is 0. The Labute approximate surface area is 189 Å². The van der Waals surface area contributed by atoms with Gasteiger partial charge in [0, 0.05) is 50.4 Å². The van der Waals surface area contributed by atoms with Crippen LogP contribution in [0.15, 0.2) is 78.9 Å². The summed E-state index contributed by atoms with van der Waals surface area (Å²) in [4.78, 5) is 30.7. The number of nitrogens with one attached hydrogen (secondary N) is 1. The van der Waals surface area contributed by atoms with Gasteiger partial charge in [-0.15, -0.1) is 0 Å². The van der Waals surface area contributed by atoms with E-state index in [0.29, 0.717) is 23.2 Å². The van der Waals surface area contributed by atoms with E-state index in [4.69, 9.17) is 0 Å². The summed E-state index contributed by atoms with van der Waals surface area (Å²) in [5, 5.41) is 2.99. The maximum absolute atomic E-state index is 12.9. The number of amides is 1. The quantitative estimate of drug-likeness (QED) is 0.586. The van der Waals surface area contributed by atoms with Crippen LogP contribution in [0.25, 0.3) is 0 Å². The number of carbonyl (C=O) groups is 2. The van der Waals surface area contributed by atoms with E-state index in [1.165, 1.54) is 5.56 Å². The van der Waals surface area contributed by atoms with Gasteiger partial charge in [0.2, 0.25) is 0 Å². The summed E-state index contributed by atoms with van der Waals surface area (Å²) < 4.78 is 0. The summed E-state index contributed by atoms with van der Waals surface area (Å²) >= 11 is 0. The van der Waals surface area contributed by atoms with E-state index >= 15 is 0 Å². The zero-order valence-electron chi connectivity index (χ0n) is 18.5. The van der Waals surface area contributed by atoms with Crippen molar-refractivity contribution >= 4 is 11.7 Å². The minimum Gasteiger partial charge on any atom is -0.348 e. The maximum atomic E-state index is 12.9. The van der Waals surface area contributed by atoms with Crippen LogP contribution in [0.1, 0.15) is 37.4 Å². The van der Waals surface area contributed by atoms with Crippen molar-refractivity contribution in [3.63, 3.8) is 0 Å². The second kappa shape index (κ2) is 10.4. The average molecular weight is 428 g/mol. The molecule has 0 aliphatic carbocycles. The van der Waals surface area contributed by atoms with E-state index in [1.807, 2.05) is 30.3 Å². The minimum atomic E-state index is -0.241. The van der Waals surface area contributed by atoms with E-state index in [2.05, 4.69) is 34.3 Å². The number of carbonyl (C=O) groups excluding carboxylic acids is 2. The Balaban J connectivity index is 1.41. The number of nitrogens with zero attached hydrogens (tertiary/aromatic N) is 2. The lowest BCUT2D eigenvalue weighted by Crippen LogP contribution is -2.43. The molecular formula is C27H29N3O2. The van der Waals surface area contributed by atoms with Gasteiger partial charge in [-0.1, -0.05) is 72.8 Å². The third-order valence-electron chi connectivity index (χ3n) is 5.90. The second-order valence-electron chi connectivity index (χ2n) is 8.32. The average Bonchev–Trinajstić information content (AvgIpc) is 2.84. The molecule has 0 spiro atoms. The van der Waals surface area contributed by atoms with E-state index < -0.39 is 0 Å². The summed E-state index contributed by atoms with van der Waals surface area (Å²) in [7, 11) is 2.16. The molecule has 5 heteroatoms. The van der Waals surface area contributed by atoms with Crippen molar-refractivity contribution in [2.75, 3.05) is 33.2 Å². The normalized spacial score (nSPS) is 14.8. The maximum Gasteiger partial charge on any atom is 0.252 e. The Morgan fingerprint density at radius 1 is 0.781 bits per heavy atom. The summed E-state index contributed by atoms with van der Waals surface area (Å²) in [6.45, 7) is 5.68. The van der Waals surface area contributed by atoms with Crippen LogP contribution < -0.4 is 5.32 Å². The third-order valence-corrected chi connectivity index (χ3v) is 5.90. The van der Waals surface area contributed by atoms with Crippen molar-refractivity contribution in [1.82, 2.24) is 15.1 Å². The fourth-order valence-corrected chi connectivity index (χ4v) is 4.00. The third kappa shape index (κ3) is 5.49. The molecule has 3 aromatic rings. The lowest BCUT2D eigenvalue weighted by Gasteiger charge is -2.32. The number of rotatable bonds is 7. The fourth-order valence-electron chi connectivity index (χ4n) is 4.00. The van der Waals surface area contributed by atoms with Crippen LogP contribution in [-0.4, -0.2) is 54.7 Å². The van der Waals surface area contributed by atoms with E-state index in [-0.39, 0.29) is 11.7 Å². The molecule has 4 rings (SSSR count). The highest BCUT2D eigenvalue weighted by molar-refractivity contribution is 6.15. The van der Waals surface area contributed by atoms with Gasteiger partial charge in [0.05, 0.1) is 5.56 Å². The Morgan fingerprint density at radius 3 is 2.19 bits per heavy atom. The molecule has 164 valence electrons. The molecule has 1 amide bonds. The summed E-state index contributed by atoms with van der Waals surface area (Å²) in [5.74, 6) is -0.389. The molecule has 1 N–H and O–H groups in total. The van der Waals surface area contributed by atoms with Gasteiger partial charge < -0.3 is 10.2 Å². The van der Waals surface area contributed by atoms with Crippen molar-refractivity contribution < 1.29 is 9.59 Å². The molecule has 3 aromatic carbocycles. The molecule has 0 saturated carbocycles. The van der Waals surface area contributed by atoms with Crippen LogP contribution >= 0.6 is 0 Å². The predicted octanol–water partition coefficient (Wildman–Crippen LogP) is 3.60. The standard InChI is InChI=1S/C27H29N3O2/c1-29-14-16-30(17-15-29)20-22-9-7-8-21(18-22)19-28-27(32)25-13-6-5-12-24(25)26(31)23-10-3-2-4-11-23/h2-13,18H,14-17,19-20H2,1H3,(H,28,32). The largest absolute Gasteiger partial charge is 0.348 e. The van der Waals surface area contributed by atoms with Gasteiger partial charge in [-0.3, -0.25) is 14.5 Å². The highest BCUT2D eigenvalue weighted by Crippen LogP contribution is 2.16. The molecule has 1 aliphatic heterocycles. The number of likely N-dealkylation sites (N-methyl/N-ethyl adjacent to an activating group) is 1. The van der Waals surface area contributed by atoms with Gasteiger partial charge in [-0.25, -0.2) is 0 Å². The second-order valence-corrected chi connectivity index (χ2v) is 8.32. The van der Waals surface area contributed by atoms with Crippen LogP contribution in [0, 0.1) is 0 Å². The monoisotopic (exact) mass is 427 g/mol. The van der Waals surface area contributed by atoms with Gasteiger partial charge in [0.1, 0.15) is 0 Å². The highest BCUT2D eigenvalue weighted by atomic mass is 16.2. The summed E-state index contributed by atoms with van der Waals surface area (Å²) in [5.41, 5.74) is 3.69. The first-order valence-corrected chi connectivity index (χ1v) is 11.1. The minimum absolute atomic E-state index is 0.148. The van der Waals surface area contributed by atoms with Crippen molar-refractivity contribution in [2.24, 2.45) is 0 Å². The zero-order valence-corrected chi connectivity index (χ0v) is 18.5. The van der Waals surface area contributed by atoms with Crippen LogP contribution in [0.2, 0.25) is 0 Å². The molecule has 1 fully saturated rings. The number of benzene rings is 3. The van der Waals surface area contributed by atoms with Crippen molar-refractivity contribution in [2.45, 2.75) is 13.1 Å². The first kappa shape index (κ1) is 21.9. The highest BCUT2D eigenvalue weighted by Gasteiger charge is 2.18. The van der Waals surface area contributed by atoms with Gasteiger partial charge >= 0.3 is 0 Å². The molecule has 0 aromatic heterocycles. The fraction of sp³-hybridized carbons (Fsp3) is 0.259. The van der Waals surface area contributed by atoms with Gasteiger partial charge in [-0.05, 0) is 24.2 Å². The summed E-state index contributed by atoms with van der Waals surface area (Å²) in [6, 6.07) is 24.4. The molecule has 0 atom stereocenters. The molecule has 1 heterocycles. The van der Waals surface area contributed by atoms with E-state index in [1.54, 1.807) is 36.4 Å². The smallest absolute Gasteiger partial charge is 0.252 e. The van der Waals surface area contributed by atoms with E-state index in [0.717, 1.165) is 38.3 Å². The molecule has 1 saturated heterocycles. The molecule has 0 bridgehead atoms. The van der Waals surface area contributed by atoms with Crippen molar-refractivity contribution in [3.05, 3.63) is 107 Å². The number of hydrogen-bond donors (Lipinski definition) is 1. The Morgan fingerprint density at radius 2 is 1.44 bits per heavy atom. The van der Waals surface area contributed by atoms with Gasteiger partial charge in [-0.2, -0.15) is 0 Å². The van der Waals surface area contributed by atoms with Crippen LogP contribution in [0.5, 0.6) is 0 Å². The molecular weight excluding hydrogens is 398 g/mol. The van der Waals surface area contributed by atoms with Crippen LogP contribution in [0.3, 0.4) is 0 Å². The predicted molar refractivity (Wildman–Crippen MR) is 127 cm³/mol. The Kier molecular flexibility index (Phi) is 7.10. The van der Waals surface area contributed by atoms with Gasteiger partial charge in [0.15, 0.2) is 5.78 Å². The Bertz CT molecular complexity index is 1070. The number of hydrogen-bond acceptors (Lipinski definition) is 4. The zero-order chi connectivity index (χ0) is 22.3. The van der Waals surface area contributed by atoms with Crippen LogP contribution in [-0.2, 0) is 13.1 Å². The molecule has 0 unspecified atom stereocenters. The van der Waals surface area contributed by atoms with Crippen molar-refractivity contribution in [1.29, 1.82) is 0 Å². The van der Waals surface area contributed by atoms with Crippen LogP contribution in [0.4, 0.5) is 0 Å². The molecule has 5 nitrogen and oxygen atoms in total. The topological polar surface area (TPSA) is 52.6 Å². The lowest BCUT2D eigenvalue weighted by atomic mass is 9.98.